The van der Waals surface area contributed by atoms with Gasteiger partial charge >= 0.3 is 0 Å². The van der Waals surface area contributed by atoms with Crippen molar-refractivity contribution < 1.29 is 19.1 Å². The summed E-state index contributed by atoms with van der Waals surface area (Å²) in [4.78, 5) is 34.9. The topological polar surface area (TPSA) is 111 Å². The number of rotatable bonds is 8. The van der Waals surface area contributed by atoms with Crippen LogP contribution in [-0.4, -0.2) is 42.4 Å². The molecule has 1 heterocycles. The van der Waals surface area contributed by atoms with Gasteiger partial charge in [-0.1, -0.05) is 18.2 Å². The summed E-state index contributed by atoms with van der Waals surface area (Å²) < 4.78 is 6.03. The predicted octanol–water partition coefficient (Wildman–Crippen LogP) is 2.79. The fourth-order valence-electron chi connectivity index (χ4n) is 2.76. The molecule has 0 atom stereocenters. The number of hydrogen-bond donors (Lipinski definition) is 3. The van der Waals surface area contributed by atoms with Crippen molar-refractivity contribution in [3.05, 3.63) is 59.7 Å². The molecular formula is C21H23N3O4S2. The van der Waals surface area contributed by atoms with E-state index in [1.165, 1.54) is 29.6 Å². The minimum Gasteiger partial charge on any atom is -0.484 e. The van der Waals surface area contributed by atoms with Gasteiger partial charge in [0.25, 0.3) is 11.8 Å². The van der Waals surface area contributed by atoms with E-state index >= 15 is 0 Å². The van der Waals surface area contributed by atoms with Crippen LogP contribution in [0.1, 0.15) is 26.9 Å². The monoisotopic (exact) mass is 445 g/mol. The van der Waals surface area contributed by atoms with Crippen molar-refractivity contribution in [2.45, 2.75) is 11.0 Å². The number of anilines is 1. The number of thioether (sulfide) groups is 2. The fourth-order valence-corrected chi connectivity index (χ4v) is 5.65. The molecule has 0 aromatic heterocycles. The van der Waals surface area contributed by atoms with E-state index < -0.39 is 11.8 Å². The van der Waals surface area contributed by atoms with Gasteiger partial charge in [-0.05, 0) is 53.8 Å². The van der Waals surface area contributed by atoms with E-state index in [1.54, 1.807) is 18.2 Å². The smallest absolute Gasteiger partial charge is 0.262 e. The summed E-state index contributed by atoms with van der Waals surface area (Å²) >= 11 is 3.91. The molecule has 7 nitrogen and oxygen atoms in total. The Morgan fingerprint density at radius 3 is 2.50 bits per heavy atom. The van der Waals surface area contributed by atoms with Gasteiger partial charge < -0.3 is 21.1 Å². The number of hydrogen-bond acceptors (Lipinski definition) is 6. The highest BCUT2D eigenvalue weighted by Gasteiger charge is 2.16. The van der Waals surface area contributed by atoms with E-state index in [2.05, 4.69) is 10.6 Å². The van der Waals surface area contributed by atoms with Crippen LogP contribution in [0.4, 0.5) is 5.69 Å². The molecule has 2 aromatic carbocycles. The summed E-state index contributed by atoms with van der Waals surface area (Å²) in [5.41, 5.74) is 7.04. The standard InChI is InChI=1S/C21H23N3O4S2/c22-18(25)12-23-20(27)15-3-1-4-16(11-15)24-19(26)13-28-17-7-5-14(6-8-17)21-29-9-2-10-30-21/h1,3-8,11,21H,2,9-10,12-13H2,(H2,22,25)(H,23,27)(H,24,26). The van der Waals surface area contributed by atoms with E-state index in [1.807, 2.05) is 47.8 Å². The number of benzene rings is 2. The average Bonchev–Trinajstić information content (AvgIpc) is 2.77. The number of ether oxygens (including phenoxy) is 1. The van der Waals surface area contributed by atoms with Crippen LogP contribution in [0, 0.1) is 0 Å². The summed E-state index contributed by atoms with van der Waals surface area (Å²) in [6.45, 7) is -0.398. The summed E-state index contributed by atoms with van der Waals surface area (Å²) in [6.07, 6.45) is 1.25. The Kier molecular flexibility index (Phi) is 8.04. The van der Waals surface area contributed by atoms with Crippen LogP contribution in [0.5, 0.6) is 5.75 Å². The molecule has 0 bridgehead atoms. The van der Waals surface area contributed by atoms with Gasteiger partial charge in [0.1, 0.15) is 5.75 Å². The Labute approximate surface area is 183 Å². The van der Waals surface area contributed by atoms with Crippen LogP contribution in [0.15, 0.2) is 48.5 Å². The van der Waals surface area contributed by atoms with E-state index in [0.717, 1.165) is 0 Å². The molecule has 2 aromatic rings. The number of nitrogens with two attached hydrogens (primary N) is 1. The Morgan fingerprint density at radius 2 is 1.80 bits per heavy atom. The van der Waals surface area contributed by atoms with Crippen molar-refractivity contribution in [3.63, 3.8) is 0 Å². The Morgan fingerprint density at radius 1 is 1.07 bits per heavy atom. The lowest BCUT2D eigenvalue weighted by Crippen LogP contribution is -2.33. The zero-order chi connectivity index (χ0) is 21.3. The molecule has 1 aliphatic heterocycles. The Balaban J connectivity index is 1.49. The van der Waals surface area contributed by atoms with Crippen LogP contribution in [-0.2, 0) is 9.59 Å². The fraction of sp³-hybridized carbons (Fsp3) is 0.286. The lowest BCUT2D eigenvalue weighted by Gasteiger charge is -2.21. The molecule has 0 saturated carbocycles. The zero-order valence-electron chi connectivity index (χ0n) is 16.3. The van der Waals surface area contributed by atoms with Gasteiger partial charge in [-0.15, -0.1) is 23.5 Å². The molecule has 9 heteroatoms. The summed E-state index contributed by atoms with van der Waals surface area (Å²) in [5, 5.41) is 5.09. The second kappa shape index (κ2) is 10.9. The first-order valence-electron chi connectivity index (χ1n) is 9.43. The van der Waals surface area contributed by atoms with Crippen molar-refractivity contribution in [1.82, 2.24) is 5.32 Å². The van der Waals surface area contributed by atoms with E-state index in [9.17, 15) is 14.4 Å². The van der Waals surface area contributed by atoms with Gasteiger partial charge in [-0.25, -0.2) is 0 Å². The average molecular weight is 446 g/mol. The maximum Gasteiger partial charge on any atom is 0.262 e. The second-order valence-electron chi connectivity index (χ2n) is 6.56. The van der Waals surface area contributed by atoms with Crippen LogP contribution >= 0.6 is 23.5 Å². The molecule has 3 rings (SSSR count). The summed E-state index contributed by atoms with van der Waals surface area (Å²) in [6, 6.07) is 14.2. The van der Waals surface area contributed by atoms with Crippen molar-refractivity contribution >= 4 is 46.9 Å². The molecule has 30 heavy (non-hydrogen) atoms. The normalized spacial score (nSPS) is 14.0. The number of nitrogens with one attached hydrogen (secondary N) is 2. The second-order valence-corrected chi connectivity index (χ2v) is 9.29. The molecule has 0 aliphatic carbocycles. The van der Waals surface area contributed by atoms with Gasteiger partial charge in [0.05, 0.1) is 11.1 Å². The lowest BCUT2D eigenvalue weighted by molar-refractivity contribution is -0.118. The first-order valence-corrected chi connectivity index (χ1v) is 11.5. The third kappa shape index (κ3) is 6.70. The molecule has 0 radical (unpaired) electrons. The lowest BCUT2D eigenvalue weighted by atomic mass is 10.2. The highest BCUT2D eigenvalue weighted by Crippen LogP contribution is 2.43. The number of carbonyl (C=O) groups is 3. The van der Waals surface area contributed by atoms with Crippen LogP contribution in [0.2, 0.25) is 0 Å². The molecular weight excluding hydrogens is 422 g/mol. The molecule has 0 spiro atoms. The van der Waals surface area contributed by atoms with Crippen LogP contribution in [0.3, 0.4) is 0 Å². The minimum absolute atomic E-state index is 0.148. The van der Waals surface area contributed by atoms with Crippen molar-refractivity contribution in [3.8, 4) is 5.75 Å². The molecule has 3 amide bonds. The van der Waals surface area contributed by atoms with Gasteiger partial charge in [-0.2, -0.15) is 0 Å². The zero-order valence-corrected chi connectivity index (χ0v) is 17.9. The quantitative estimate of drug-likeness (QED) is 0.576. The number of carbonyl (C=O) groups excluding carboxylic acids is 3. The summed E-state index contributed by atoms with van der Waals surface area (Å²) in [5.74, 6) is 1.57. The third-order valence-electron chi connectivity index (χ3n) is 4.18. The first kappa shape index (κ1) is 22.0. The van der Waals surface area contributed by atoms with E-state index in [-0.39, 0.29) is 19.1 Å². The van der Waals surface area contributed by atoms with Crippen LogP contribution < -0.4 is 21.1 Å². The molecule has 4 N–H and O–H groups in total. The number of amides is 3. The van der Waals surface area contributed by atoms with Crippen LogP contribution in [0.25, 0.3) is 0 Å². The molecule has 1 aliphatic rings. The van der Waals surface area contributed by atoms with Crippen molar-refractivity contribution in [2.75, 3.05) is 30.0 Å². The maximum absolute atomic E-state index is 12.2. The summed E-state index contributed by atoms with van der Waals surface area (Å²) in [7, 11) is 0. The third-order valence-corrected chi connectivity index (χ3v) is 7.20. The maximum atomic E-state index is 12.2. The molecule has 158 valence electrons. The van der Waals surface area contributed by atoms with E-state index in [4.69, 9.17) is 10.5 Å². The SMILES string of the molecule is NC(=O)CNC(=O)c1cccc(NC(=O)COc2ccc(C3SCCCS3)cc2)c1. The van der Waals surface area contributed by atoms with Gasteiger partial charge in [0.15, 0.2) is 6.61 Å². The van der Waals surface area contributed by atoms with Gasteiger partial charge in [0, 0.05) is 11.3 Å². The van der Waals surface area contributed by atoms with Crippen molar-refractivity contribution in [1.29, 1.82) is 0 Å². The van der Waals surface area contributed by atoms with Crippen molar-refractivity contribution in [2.24, 2.45) is 5.73 Å². The highest BCUT2D eigenvalue weighted by atomic mass is 32.2. The highest BCUT2D eigenvalue weighted by molar-refractivity contribution is 8.16. The number of primary amides is 1. The first-order chi connectivity index (χ1) is 14.5. The Bertz CT molecular complexity index is 899. The molecule has 1 saturated heterocycles. The predicted molar refractivity (Wildman–Crippen MR) is 121 cm³/mol. The van der Waals surface area contributed by atoms with Gasteiger partial charge in [0.2, 0.25) is 5.91 Å². The van der Waals surface area contributed by atoms with Gasteiger partial charge in [-0.3, -0.25) is 14.4 Å². The Hall–Kier alpha value is -2.65. The van der Waals surface area contributed by atoms with E-state index in [0.29, 0.717) is 21.6 Å². The molecule has 0 unspecified atom stereocenters. The minimum atomic E-state index is -0.630. The largest absolute Gasteiger partial charge is 0.484 e. The molecule has 1 fully saturated rings.